The number of amides is 3. The summed E-state index contributed by atoms with van der Waals surface area (Å²) in [4.78, 5) is 70.7. The summed E-state index contributed by atoms with van der Waals surface area (Å²) < 4.78 is 6.70. The van der Waals surface area contributed by atoms with E-state index in [2.05, 4.69) is 5.32 Å². The van der Waals surface area contributed by atoms with Crippen molar-refractivity contribution in [3.63, 3.8) is 0 Å². The van der Waals surface area contributed by atoms with Crippen LogP contribution in [0.5, 0.6) is 0 Å². The van der Waals surface area contributed by atoms with E-state index in [1.807, 2.05) is 64.4 Å². The molecule has 3 heterocycles. The fraction of sp³-hybridized carbons (Fsp3) is 0.447. The number of pyridine rings is 1. The van der Waals surface area contributed by atoms with Gasteiger partial charge in [-0.25, -0.2) is 0 Å². The van der Waals surface area contributed by atoms with E-state index < -0.39 is 17.2 Å². The van der Waals surface area contributed by atoms with E-state index in [4.69, 9.17) is 4.74 Å². The SMILES string of the molecule is CCOC(=O)C1CCCN(C(=O)[C@@]2(c3ccccc3)CC[C@H](C(=O)N3CCC(NC(=O)c4cccn(C)c4=O)CC3)c3ccccc32)C1.S. The number of nitrogens with zero attached hydrogens (tertiary/aromatic N) is 3. The summed E-state index contributed by atoms with van der Waals surface area (Å²) in [5.41, 5.74) is 1.36. The van der Waals surface area contributed by atoms with Crippen LogP contribution in [0.3, 0.4) is 0 Å². The molecule has 3 atom stereocenters. The van der Waals surface area contributed by atoms with E-state index in [1.165, 1.54) is 10.6 Å². The molecule has 3 aromatic rings. The molecule has 0 spiro atoms. The molecule has 1 aromatic heterocycles. The van der Waals surface area contributed by atoms with Crippen molar-refractivity contribution in [3.05, 3.63) is 106 Å². The smallest absolute Gasteiger partial charge is 0.310 e. The first kappa shape index (κ1) is 35.9. The van der Waals surface area contributed by atoms with E-state index >= 15 is 0 Å². The molecular formula is C38H46N4O6S. The lowest BCUT2D eigenvalue weighted by molar-refractivity contribution is -0.152. The highest BCUT2D eigenvalue weighted by atomic mass is 32.1. The lowest BCUT2D eigenvalue weighted by atomic mass is 9.62. The highest BCUT2D eigenvalue weighted by molar-refractivity contribution is 7.59. The molecule has 2 aliphatic heterocycles. The van der Waals surface area contributed by atoms with Crippen LogP contribution in [0.15, 0.2) is 77.7 Å². The number of carbonyl (C=O) groups excluding carboxylic acids is 4. The van der Waals surface area contributed by atoms with Crippen LogP contribution in [-0.4, -0.2) is 76.9 Å². The monoisotopic (exact) mass is 686 g/mol. The number of carbonyl (C=O) groups is 4. The first-order valence-corrected chi connectivity index (χ1v) is 17.1. The van der Waals surface area contributed by atoms with Crippen LogP contribution in [0.2, 0.25) is 0 Å². The number of likely N-dealkylation sites (tertiary alicyclic amines) is 2. The van der Waals surface area contributed by atoms with Crippen molar-refractivity contribution >= 4 is 37.2 Å². The third kappa shape index (κ3) is 7.04. The summed E-state index contributed by atoms with van der Waals surface area (Å²) in [6.07, 6.45) is 5.16. The predicted octanol–water partition coefficient (Wildman–Crippen LogP) is 3.88. The second-order valence-corrected chi connectivity index (χ2v) is 13.2. The van der Waals surface area contributed by atoms with E-state index in [-0.39, 0.29) is 54.4 Å². The van der Waals surface area contributed by atoms with E-state index in [9.17, 15) is 24.0 Å². The van der Waals surface area contributed by atoms with Crippen LogP contribution in [-0.2, 0) is 31.6 Å². The summed E-state index contributed by atoms with van der Waals surface area (Å²) >= 11 is 0. The van der Waals surface area contributed by atoms with Gasteiger partial charge in [0.25, 0.3) is 11.5 Å². The summed E-state index contributed by atoms with van der Waals surface area (Å²) in [6, 6.07) is 20.7. The number of ether oxygens (including phenoxy) is 1. The minimum atomic E-state index is -0.989. The zero-order valence-electron chi connectivity index (χ0n) is 28.2. The van der Waals surface area contributed by atoms with Gasteiger partial charge in [-0.1, -0.05) is 54.6 Å². The molecule has 2 aromatic carbocycles. The molecule has 49 heavy (non-hydrogen) atoms. The summed E-state index contributed by atoms with van der Waals surface area (Å²) in [7, 11) is 1.61. The summed E-state index contributed by atoms with van der Waals surface area (Å²) in [5, 5.41) is 2.99. The average Bonchev–Trinajstić information content (AvgIpc) is 3.12. The van der Waals surface area contributed by atoms with Gasteiger partial charge in [0, 0.05) is 45.5 Å². The van der Waals surface area contributed by atoms with Crippen molar-refractivity contribution in [1.29, 1.82) is 0 Å². The van der Waals surface area contributed by atoms with Crippen LogP contribution >= 0.6 is 13.5 Å². The van der Waals surface area contributed by atoms with Crippen molar-refractivity contribution < 1.29 is 23.9 Å². The van der Waals surface area contributed by atoms with E-state index in [1.54, 1.807) is 26.2 Å². The van der Waals surface area contributed by atoms with Crippen molar-refractivity contribution in [2.75, 3.05) is 32.8 Å². The van der Waals surface area contributed by atoms with Crippen LogP contribution < -0.4 is 10.9 Å². The standard InChI is InChI=1S/C38H44N4O6.H2S/c1-3-48-36(46)26-11-9-22-42(25-26)37(47)38(27-12-5-4-6-13-27)20-17-30(29-14-7-8-16-32(29)38)35(45)41-23-18-28(19-24-41)39-33(43)31-15-10-21-40(2)34(31)44;/h4-8,10,12-16,21,26,28,30H,3,9,11,17-20,22-25H2,1-2H3,(H,39,43);1H2/t26?,30-,38+;/m0./s1. The van der Waals surface area contributed by atoms with Gasteiger partial charge in [0.05, 0.1) is 23.9 Å². The number of piperidine rings is 2. The largest absolute Gasteiger partial charge is 0.466 e. The second kappa shape index (κ2) is 15.4. The Morgan fingerprint density at radius 3 is 2.33 bits per heavy atom. The third-order valence-corrected chi connectivity index (χ3v) is 10.4. The molecule has 3 aliphatic rings. The Morgan fingerprint density at radius 2 is 1.59 bits per heavy atom. The zero-order chi connectivity index (χ0) is 33.8. The average molecular weight is 687 g/mol. The lowest BCUT2D eigenvalue weighted by Crippen LogP contribution is -2.54. The van der Waals surface area contributed by atoms with Gasteiger partial charge < -0.3 is 24.4 Å². The van der Waals surface area contributed by atoms with Crippen molar-refractivity contribution in [2.45, 2.75) is 62.8 Å². The molecule has 10 nitrogen and oxygen atoms in total. The minimum absolute atomic E-state index is 0. The van der Waals surface area contributed by atoms with Crippen molar-refractivity contribution in [1.82, 2.24) is 19.7 Å². The number of rotatable bonds is 7. The van der Waals surface area contributed by atoms with Crippen LogP contribution in [0.4, 0.5) is 0 Å². The molecule has 0 radical (unpaired) electrons. The van der Waals surface area contributed by atoms with Gasteiger partial charge >= 0.3 is 5.97 Å². The van der Waals surface area contributed by atoms with Crippen molar-refractivity contribution in [2.24, 2.45) is 13.0 Å². The highest BCUT2D eigenvalue weighted by Crippen LogP contribution is 2.49. The van der Waals surface area contributed by atoms with Gasteiger partial charge in [-0.2, -0.15) is 13.5 Å². The quantitative estimate of drug-likeness (QED) is 0.377. The molecule has 0 saturated carbocycles. The minimum Gasteiger partial charge on any atom is -0.466 e. The lowest BCUT2D eigenvalue weighted by Gasteiger charge is -2.46. The predicted molar refractivity (Wildman–Crippen MR) is 191 cm³/mol. The number of hydrogen-bond donors (Lipinski definition) is 1. The number of aromatic nitrogens is 1. The molecule has 260 valence electrons. The Hall–Kier alpha value is -4.38. The topological polar surface area (TPSA) is 118 Å². The Morgan fingerprint density at radius 1 is 0.878 bits per heavy atom. The Kier molecular flexibility index (Phi) is 11.3. The van der Waals surface area contributed by atoms with Crippen LogP contribution in [0.1, 0.15) is 78.4 Å². The van der Waals surface area contributed by atoms with Gasteiger partial charge in [0.2, 0.25) is 11.8 Å². The Labute approximate surface area is 294 Å². The molecule has 3 amide bonds. The van der Waals surface area contributed by atoms with E-state index in [0.29, 0.717) is 64.9 Å². The molecular weight excluding hydrogens is 641 g/mol. The first-order chi connectivity index (χ1) is 23.2. The van der Waals surface area contributed by atoms with Crippen LogP contribution in [0, 0.1) is 5.92 Å². The highest BCUT2D eigenvalue weighted by Gasteiger charge is 2.51. The molecule has 1 unspecified atom stereocenters. The molecule has 1 aliphatic carbocycles. The van der Waals surface area contributed by atoms with Gasteiger partial charge in [-0.15, -0.1) is 0 Å². The number of esters is 1. The third-order valence-electron chi connectivity index (χ3n) is 10.4. The van der Waals surface area contributed by atoms with Gasteiger partial charge in [0.15, 0.2) is 0 Å². The zero-order valence-corrected chi connectivity index (χ0v) is 29.2. The van der Waals surface area contributed by atoms with Crippen LogP contribution in [0.25, 0.3) is 0 Å². The van der Waals surface area contributed by atoms with Crippen molar-refractivity contribution in [3.8, 4) is 0 Å². The van der Waals surface area contributed by atoms with E-state index in [0.717, 1.165) is 23.1 Å². The molecule has 11 heteroatoms. The summed E-state index contributed by atoms with van der Waals surface area (Å²) in [5.74, 6) is -1.42. The fourth-order valence-corrected chi connectivity index (χ4v) is 7.85. The number of fused-ring (bicyclic) bond motifs is 1. The number of hydrogen-bond acceptors (Lipinski definition) is 6. The fourth-order valence-electron chi connectivity index (χ4n) is 7.85. The number of aryl methyl sites for hydroxylation is 1. The Bertz CT molecular complexity index is 1740. The maximum Gasteiger partial charge on any atom is 0.310 e. The first-order valence-electron chi connectivity index (χ1n) is 17.1. The molecule has 2 fully saturated rings. The summed E-state index contributed by atoms with van der Waals surface area (Å²) in [6.45, 7) is 3.96. The maximum atomic E-state index is 14.8. The molecule has 1 N–H and O–H groups in total. The molecule has 0 bridgehead atoms. The van der Waals surface area contributed by atoms with Gasteiger partial charge in [0.1, 0.15) is 5.56 Å². The van der Waals surface area contributed by atoms with Gasteiger partial charge in [-0.05, 0) is 74.3 Å². The second-order valence-electron chi connectivity index (χ2n) is 13.2. The number of benzene rings is 2. The van der Waals surface area contributed by atoms with Gasteiger partial charge in [-0.3, -0.25) is 24.0 Å². The number of nitrogens with one attached hydrogen (secondary N) is 1. The normalized spacial score (nSPS) is 22.3. The molecule has 2 saturated heterocycles. The maximum absolute atomic E-state index is 14.8. The Balaban J connectivity index is 0.00000468. The molecule has 6 rings (SSSR count).